The van der Waals surface area contributed by atoms with Gasteiger partial charge in [0.15, 0.2) is 0 Å². The van der Waals surface area contributed by atoms with E-state index in [0.29, 0.717) is 18.8 Å². The minimum Gasteiger partial charge on any atom is -0.381 e. The number of fused-ring (bicyclic) bond motifs is 1. The van der Waals surface area contributed by atoms with Gasteiger partial charge >= 0.3 is 15.6 Å². The van der Waals surface area contributed by atoms with Gasteiger partial charge in [-0.2, -0.15) is 21.6 Å². The van der Waals surface area contributed by atoms with Crippen LogP contribution in [0.4, 0.5) is 13.2 Å². The zero-order chi connectivity index (χ0) is 16.8. The van der Waals surface area contributed by atoms with E-state index in [2.05, 4.69) is 17.2 Å². The van der Waals surface area contributed by atoms with Crippen molar-refractivity contribution in [3.05, 3.63) is 23.5 Å². The lowest BCUT2D eigenvalue weighted by atomic mass is 9.84. The monoisotopic (exact) mass is 338 g/mol. The maximum Gasteiger partial charge on any atom is 0.534 e. The van der Waals surface area contributed by atoms with Gasteiger partial charge in [0.25, 0.3) is 0 Å². The topological polar surface area (TPSA) is 43.4 Å². The van der Waals surface area contributed by atoms with Crippen LogP contribution in [-0.4, -0.2) is 13.9 Å². The molecule has 3 atom stereocenters. The molecule has 2 aliphatic rings. The molecule has 2 aliphatic carbocycles. The number of alkyl halides is 3. The predicted octanol–water partition coefficient (Wildman–Crippen LogP) is 4.53. The summed E-state index contributed by atoms with van der Waals surface area (Å²) in [6, 6.07) is 0. The first-order chi connectivity index (χ1) is 9.99. The summed E-state index contributed by atoms with van der Waals surface area (Å²) in [5, 5.41) is 0. The zero-order valence-electron chi connectivity index (χ0n) is 12.9. The Balaban J connectivity index is 1.96. The van der Waals surface area contributed by atoms with Crippen molar-refractivity contribution in [3.8, 4) is 0 Å². The lowest BCUT2D eigenvalue weighted by Crippen LogP contribution is -2.25. The van der Waals surface area contributed by atoms with E-state index >= 15 is 0 Å². The van der Waals surface area contributed by atoms with E-state index in [-0.39, 0.29) is 17.1 Å². The van der Waals surface area contributed by atoms with Crippen molar-refractivity contribution >= 4 is 10.1 Å². The van der Waals surface area contributed by atoms with Crippen molar-refractivity contribution in [2.45, 2.75) is 52.0 Å². The van der Waals surface area contributed by atoms with Gasteiger partial charge in [0.05, 0.1) is 0 Å². The third-order valence-electron chi connectivity index (χ3n) is 4.77. The summed E-state index contributed by atoms with van der Waals surface area (Å²) in [7, 11) is -5.55. The zero-order valence-corrected chi connectivity index (χ0v) is 13.7. The highest BCUT2D eigenvalue weighted by atomic mass is 32.2. The molecule has 0 bridgehead atoms. The average molecular weight is 338 g/mol. The number of allylic oxidation sites excluding steroid dienone is 4. The summed E-state index contributed by atoms with van der Waals surface area (Å²) in [5.74, 6) is 0.108. The number of hydrogen-bond acceptors (Lipinski definition) is 3. The normalized spacial score (nSPS) is 28.6. The molecule has 0 heterocycles. The Bertz CT molecular complexity index is 600. The van der Waals surface area contributed by atoms with Crippen LogP contribution >= 0.6 is 0 Å². The molecule has 1 saturated carbocycles. The Morgan fingerprint density at radius 2 is 2.14 bits per heavy atom. The Kier molecular flexibility index (Phi) is 4.41. The van der Waals surface area contributed by atoms with Crippen LogP contribution in [0.2, 0.25) is 0 Å². The first-order valence-electron chi connectivity index (χ1n) is 7.34. The highest BCUT2D eigenvalue weighted by molar-refractivity contribution is 7.87. The third-order valence-corrected chi connectivity index (χ3v) is 5.75. The van der Waals surface area contributed by atoms with Gasteiger partial charge in [-0.05, 0) is 56.9 Å². The summed E-state index contributed by atoms with van der Waals surface area (Å²) >= 11 is 0. The minimum atomic E-state index is -5.55. The second-order valence-electron chi connectivity index (χ2n) is 6.54. The Morgan fingerprint density at radius 1 is 1.50 bits per heavy atom. The molecule has 2 rings (SSSR count). The van der Waals surface area contributed by atoms with Crippen molar-refractivity contribution in [2.24, 2.45) is 17.3 Å². The highest BCUT2D eigenvalue weighted by Crippen LogP contribution is 2.68. The highest BCUT2D eigenvalue weighted by Gasteiger charge is 2.63. The quantitative estimate of drug-likeness (QED) is 0.406. The molecule has 0 aromatic heterocycles. The molecule has 22 heavy (non-hydrogen) atoms. The van der Waals surface area contributed by atoms with E-state index in [1.54, 1.807) is 0 Å². The molecular weight excluding hydrogens is 317 g/mol. The fraction of sp³-hybridized carbons (Fsp3) is 0.733. The van der Waals surface area contributed by atoms with Gasteiger partial charge in [-0.3, -0.25) is 0 Å². The molecule has 7 heteroatoms. The maximum atomic E-state index is 12.4. The van der Waals surface area contributed by atoms with Gasteiger partial charge in [0.2, 0.25) is 0 Å². The van der Waals surface area contributed by atoms with Gasteiger partial charge in [-0.1, -0.05) is 18.6 Å². The second-order valence-corrected chi connectivity index (χ2v) is 8.08. The van der Waals surface area contributed by atoms with Crippen molar-refractivity contribution < 1.29 is 25.8 Å². The third kappa shape index (κ3) is 3.19. The van der Waals surface area contributed by atoms with Crippen LogP contribution in [0.15, 0.2) is 23.5 Å². The molecule has 0 N–H and O–H groups in total. The Labute approximate surface area is 129 Å². The van der Waals surface area contributed by atoms with Crippen LogP contribution < -0.4 is 0 Å². The molecule has 0 aromatic carbocycles. The van der Waals surface area contributed by atoms with Gasteiger partial charge in [-0.15, -0.1) is 0 Å². The van der Waals surface area contributed by atoms with Crippen molar-refractivity contribution in [1.82, 2.24) is 0 Å². The molecule has 0 aliphatic heterocycles. The Hall–Kier alpha value is -0.980. The largest absolute Gasteiger partial charge is 0.534 e. The first-order valence-corrected chi connectivity index (χ1v) is 8.74. The van der Waals surface area contributed by atoms with Gasteiger partial charge in [-0.25, -0.2) is 0 Å². The molecule has 0 saturated heterocycles. The number of halogens is 3. The maximum absolute atomic E-state index is 12.4. The second kappa shape index (κ2) is 5.58. The minimum absolute atomic E-state index is 0.0219. The smallest absolute Gasteiger partial charge is 0.381 e. The van der Waals surface area contributed by atoms with E-state index < -0.39 is 15.6 Å². The number of rotatable bonds is 6. The fourth-order valence-electron chi connectivity index (χ4n) is 3.28. The van der Waals surface area contributed by atoms with Crippen LogP contribution in [-0.2, 0) is 14.3 Å². The van der Waals surface area contributed by atoms with Crippen LogP contribution in [0.3, 0.4) is 0 Å². The lowest BCUT2D eigenvalue weighted by molar-refractivity contribution is -0.0524. The SMILES string of the molecule is CC(C)=CCC[C@H](C)C12CC=C(OS(=O)(=O)C(F)(F)F)C1C2. The van der Waals surface area contributed by atoms with Crippen molar-refractivity contribution in [1.29, 1.82) is 0 Å². The lowest BCUT2D eigenvalue weighted by Gasteiger charge is -2.20. The molecule has 126 valence electrons. The molecule has 2 unspecified atom stereocenters. The molecule has 0 amide bonds. The van der Waals surface area contributed by atoms with Crippen LogP contribution in [0, 0.1) is 17.3 Å². The van der Waals surface area contributed by atoms with E-state index in [9.17, 15) is 21.6 Å². The van der Waals surface area contributed by atoms with E-state index in [4.69, 9.17) is 0 Å². The molecule has 1 fully saturated rings. The standard InChI is InChI=1S/C15H21F3O3S/c1-10(2)5-4-6-11(3)14-8-7-13(12(14)9-14)21-22(19,20)15(16,17)18/h5,7,11-12H,4,6,8-9H2,1-3H3/t11-,12?,14?/m0/s1. The molecule has 0 aromatic rings. The molecular formula is C15H21F3O3S. The molecule has 3 nitrogen and oxygen atoms in total. The fourth-order valence-corrected chi connectivity index (χ4v) is 3.82. The summed E-state index contributed by atoms with van der Waals surface area (Å²) < 4.78 is 63.7. The average Bonchev–Trinajstić information content (AvgIpc) is 3.00. The number of hydrogen-bond donors (Lipinski definition) is 0. The summed E-state index contributed by atoms with van der Waals surface area (Å²) in [4.78, 5) is 0. The van der Waals surface area contributed by atoms with Gasteiger partial charge < -0.3 is 4.18 Å². The summed E-state index contributed by atoms with van der Waals surface area (Å²) in [6.45, 7) is 6.12. The first kappa shape index (κ1) is 17.4. The van der Waals surface area contributed by atoms with E-state index in [0.717, 1.165) is 12.8 Å². The molecule has 0 spiro atoms. The van der Waals surface area contributed by atoms with Gasteiger partial charge in [0, 0.05) is 5.92 Å². The van der Waals surface area contributed by atoms with Crippen LogP contribution in [0.25, 0.3) is 0 Å². The van der Waals surface area contributed by atoms with E-state index in [1.807, 2.05) is 13.8 Å². The van der Waals surface area contributed by atoms with Crippen LogP contribution in [0.1, 0.15) is 46.5 Å². The van der Waals surface area contributed by atoms with Crippen molar-refractivity contribution in [3.63, 3.8) is 0 Å². The summed E-state index contributed by atoms with van der Waals surface area (Å²) in [6.07, 6.45) is 6.82. The summed E-state index contributed by atoms with van der Waals surface area (Å²) in [5.41, 5.74) is -4.24. The van der Waals surface area contributed by atoms with Gasteiger partial charge in [0.1, 0.15) is 5.76 Å². The van der Waals surface area contributed by atoms with E-state index in [1.165, 1.54) is 11.6 Å². The van der Waals surface area contributed by atoms with Crippen LogP contribution in [0.5, 0.6) is 0 Å². The predicted molar refractivity (Wildman–Crippen MR) is 77.1 cm³/mol. The Morgan fingerprint density at radius 3 is 2.64 bits per heavy atom. The van der Waals surface area contributed by atoms with Crippen molar-refractivity contribution in [2.75, 3.05) is 0 Å². The molecule has 0 radical (unpaired) electrons.